The van der Waals surface area contributed by atoms with Crippen LogP contribution in [0.5, 0.6) is 0 Å². The van der Waals surface area contributed by atoms with Gasteiger partial charge in [-0.25, -0.2) is 0 Å². The van der Waals surface area contributed by atoms with Crippen LogP contribution in [0.15, 0.2) is 36.9 Å². The first kappa shape index (κ1) is 43.6. The van der Waals surface area contributed by atoms with Crippen molar-refractivity contribution in [2.75, 3.05) is 65.9 Å². The molecule has 0 aliphatic heterocycles. The Morgan fingerprint density at radius 2 is 1.20 bits per heavy atom. The van der Waals surface area contributed by atoms with Gasteiger partial charge in [-0.1, -0.05) is 83.9 Å². The lowest BCUT2D eigenvalue weighted by molar-refractivity contribution is -0.121. The number of rotatable bonds is 37. The molecule has 268 valence electrons. The third-order valence-electron chi connectivity index (χ3n) is 7.41. The Balaban J connectivity index is 3.69. The maximum atomic E-state index is 12.3. The minimum absolute atomic E-state index is 0.0157. The second-order valence-corrected chi connectivity index (χ2v) is 11.6. The van der Waals surface area contributed by atoms with Crippen molar-refractivity contribution in [2.45, 2.75) is 116 Å². The summed E-state index contributed by atoms with van der Waals surface area (Å²) >= 11 is 0. The van der Waals surface area contributed by atoms with E-state index in [0.29, 0.717) is 78.8 Å². The molecule has 0 aromatic heterocycles. The van der Waals surface area contributed by atoms with Gasteiger partial charge in [0.05, 0.1) is 52.3 Å². The highest BCUT2D eigenvalue weighted by atomic mass is 16.5. The monoisotopic (exact) mass is 653 g/mol. The molecule has 0 saturated carbocycles. The van der Waals surface area contributed by atoms with Crippen LogP contribution >= 0.6 is 0 Å². The summed E-state index contributed by atoms with van der Waals surface area (Å²) in [7, 11) is 0. The first-order valence-corrected chi connectivity index (χ1v) is 17.7. The summed E-state index contributed by atoms with van der Waals surface area (Å²) in [6.07, 6.45) is 18.0. The van der Waals surface area contributed by atoms with E-state index >= 15 is 0 Å². The highest BCUT2D eigenvalue weighted by molar-refractivity contribution is 5.75. The average Bonchev–Trinajstić information content (AvgIpc) is 3.03. The second kappa shape index (κ2) is 33.9. The number of hydrogen-bond donors (Lipinski definition) is 4. The molecule has 10 heteroatoms. The van der Waals surface area contributed by atoms with E-state index in [4.69, 9.17) is 18.9 Å². The second-order valence-electron chi connectivity index (χ2n) is 11.6. The van der Waals surface area contributed by atoms with E-state index in [9.17, 15) is 14.7 Å². The van der Waals surface area contributed by atoms with Crippen LogP contribution in [0.25, 0.3) is 0 Å². The molecule has 0 saturated heterocycles. The van der Waals surface area contributed by atoms with Crippen molar-refractivity contribution >= 4 is 12.2 Å². The molecular formula is C36H67N3O7. The van der Waals surface area contributed by atoms with E-state index in [0.717, 1.165) is 43.4 Å². The number of carbonyl (C=O) groups excluding carboxylic acids is 2. The lowest BCUT2D eigenvalue weighted by Gasteiger charge is -2.20. The molecule has 0 aliphatic rings. The molecule has 0 radical (unpaired) electrons. The van der Waals surface area contributed by atoms with Crippen LogP contribution in [0.1, 0.15) is 110 Å². The van der Waals surface area contributed by atoms with Crippen molar-refractivity contribution in [3.8, 4) is 0 Å². The van der Waals surface area contributed by atoms with Gasteiger partial charge in [-0.3, -0.25) is 4.79 Å². The van der Waals surface area contributed by atoms with Gasteiger partial charge in [0.2, 0.25) is 5.91 Å². The number of unbranched alkanes of at least 4 members (excludes halogenated alkanes) is 12. The number of aliphatic hydroxyl groups excluding tert-OH is 1. The van der Waals surface area contributed by atoms with Crippen LogP contribution < -0.4 is 16.0 Å². The number of aliphatic hydroxyl groups is 1. The molecule has 0 bridgehead atoms. The summed E-state index contributed by atoms with van der Waals surface area (Å²) in [6, 6.07) is -0.395. The summed E-state index contributed by atoms with van der Waals surface area (Å²) < 4.78 is 21.7. The van der Waals surface area contributed by atoms with Gasteiger partial charge in [0.15, 0.2) is 0 Å². The van der Waals surface area contributed by atoms with E-state index in [1.54, 1.807) is 0 Å². The van der Waals surface area contributed by atoms with Crippen LogP contribution in [0.4, 0.5) is 0 Å². The van der Waals surface area contributed by atoms with E-state index in [1.165, 1.54) is 57.8 Å². The summed E-state index contributed by atoms with van der Waals surface area (Å²) in [4.78, 5) is 22.6. The van der Waals surface area contributed by atoms with Crippen molar-refractivity contribution in [1.29, 1.82) is 0 Å². The largest absolute Gasteiger partial charge is 0.511 e. The molecule has 0 heterocycles. The quantitative estimate of drug-likeness (QED) is 0.0348. The highest BCUT2D eigenvalue weighted by Gasteiger charge is 2.14. The minimum atomic E-state index is -0.395. The highest BCUT2D eigenvalue weighted by Crippen LogP contribution is 2.15. The molecule has 46 heavy (non-hydrogen) atoms. The molecule has 0 aromatic rings. The molecule has 4 N–H and O–H groups in total. The average molecular weight is 654 g/mol. The molecule has 0 fully saturated rings. The van der Waals surface area contributed by atoms with Crippen LogP contribution in [0.3, 0.4) is 0 Å². The zero-order chi connectivity index (χ0) is 33.9. The predicted octanol–water partition coefficient (Wildman–Crippen LogP) is 6.28. The lowest BCUT2D eigenvalue weighted by Crippen LogP contribution is -2.33. The Morgan fingerprint density at radius 3 is 1.76 bits per heavy atom. The lowest BCUT2D eigenvalue weighted by atomic mass is 10.0. The van der Waals surface area contributed by atoms with Crippen molar-refractivity contribution in [2.24, 2.45) is 0 Å². The molecule has 10 nitrogen and oxygen atoms in total. The summed E-state index contributed by atoms with van der Waals surface area (Å²) in [5.41, 5.74) is 1.65. The smallest absolute Gasteiger partial charge is 0.220 e. The maximum absolute atomic E-state index is 12.3. The number of hydrogen-bond acceptors (Lipinski definition) is 9. The van der Waals surface area contributed by atoms with E-state index in [1.807, 2.05) is 6.92 Å². The Kier molecular flexibility index (Phi) is 32.2. The number of allylic oxidation sites excluding steroid dienone is 1. The topological polar surface area (TPSA) is 127 Å². The number of nitrogens with one attached hydrogen (secondary N) is 3. The Morgan fingerprint density at radius 1 is 0.674 bits per heavy atom. The Hall–Kier alpha value is -2.40. The SMILES string of the molecule is C=C(COCCOCCNC(=O)CC[C@H](NC(=C)CCCCCCCCCCCCCCC=O)C(=C)O)NCCOCCOCC. The van der Waals surface area contributed by atoms with Gasteiger partial charge in [0, 0.05) is 43.9 Å². The molecule has 1 amide bonds. The van der Waals surface area contributed by atoms with Crippen LogP contribution in [0, 0.1) is 0 Å². The summed E-state index contributed by atoms with van der Waals surface area (Å²) in [6.45, 7) is 18.8. The molecule has 0 rings (SSSR count). The first-order valence-electron chi connectivity index (χ1n) is 17.7. The van der Waals surface area contributed by atoms with E-state index in [-0.39, 0.29) is 18.1 Å². The fourth-order valence-electron chi connectivity index (χ4n) is 4.73. The van der Waals surface area contributed by atoms with Crippen molar-refractivity contribution in [1.82, 2.24) is 16.0 Å². The predicted molar refractivity (Wildman–Crippen MR) is 187 cm³/mol. The number of ether oxygens (including phenoxy) is 4. The van der Waals surface area contributed by atoms with Crippen LogP contribution in [-0.4, -0.2) is 89.3 Å². The van der Waals surface area contributed by atoms with Crippen molar-refractivity contribution in [3.63, 3.8) is 0 Å². The maximum Gasteiger partial charge on any atom is 0.220 e. The molecule has 1 atom stereocenters. The minimum Gasteiger partial charge on any atom is -0.511 e. The third-order valence-corrected chi connectivity index (χ3v) is 7.41. The third kappa shape index (κ3) is 31.6. The van der Waals surface area contributed by atoms with Gasteiger partial charge < -0.3 is 44.8 Å². The number of carbonyl (C=O) groups is 2. The first-order chi connectivity index (χ1) is 22.4. The molecule has 0 spiro atoms. The zero-order valence-electron chi connectivity index (χ0n) is 29.1. The number of amides is 1. The number of aldehydes is 1. The van der Waals surface area contributed by atoms with Gasteiger partial charge >= 0.3 is 0 Å². The molecule has 0 unspecified atom stereocenters. The molecular weight excluding hydrogens is 586 g/mol. The van der Waals surface area contributed by atoms with Gasteiger partial charge in [-0.15, -0.1) is 0 Å². The van der Waals surface area contributed by atoms with E-state index in [2.05, 4.69) is 35.7 Å². The Bertz CT molecular complexity index is 779. The van der Waals surface area contributed by atoms with Gasteiger partial charge in [-0.2, -0.15) is 0 Å². The van der Waals surface area contributed by atoms with Crippen molar-refractivity contribution < 1.29 is 33.6 Å². The standard InChI is InChI=1S/C36H67N3O7/c1-5-43-27-28-44-25-22-37-33(3)31-46-30-29-45-26-23-38-36(42)21-20-35(34(4)41)39-32(2)19-17-15-13-11-9-7-6-8-10-12-14-16-18-24-40/h24,35,37,39,41H,2-23,25-31H2,1H3,(H,38,42)/t35-/m0/s1. The molecule has 0 aliphatic carbocycles. The normalized spacial score (nSPS) is 11.6. The fraction of sp³-hybridized carbons (Fsp3) is 0.778. The van der Waals surface area contributed by atoms with Crippen LogP contribution in [-0.2, 0) is 28.5 Å². The van der Waals surface area contributed by atoms with Gasteiger partial charge in [0.1, 0.15) is 12.0 Å². The Labute approximate surface area is 280 Å². The summed E-state index contributed by atoms with van der Waals surface area (Å²) in [5, 5.41) is 19.3. The van der Waals surface area contributed by atoms with Gasteiger partial charge in [0.25, 0.3) is 0 Å². The van der Waals surface area contributed by atoms with Gasteiger partial charge in [-0.05, 0) is 32.6 Å². The zero-order valence-corrected chi connectivity index (χ0v) is 29.1. The van der Waals surface area contributed by atoms with Crippen molar-refractivity contribution in [3.05, 3.63) is 36.9 Å². The fourth-order valence-corrected chi connectivity index (χ4v) is 4.73. The van der Waals surface area contributed by atoms with E-state index < -0.39 is 6.04 Å². The molecule has 0 aromatic carbocycles. The van der Waals surface area contributed by atoms with Crippen LogP contribution in [0.2, 0.25) is 0 Å². The summed E-state index contributed by atoms with van der Waals surface area (Å²) in [5.74, 6) is -0.0840.